The average molecular weight is 498 g/mol. The maximum absolute atomic E-state index is 15.0. The third kappa shape index (κ3) is 5.77. The van der Waals surface area contributed by atoms with Crippen LogP contribution in [0.4, 0.5) is 14.9 Å². The Morgan fingerprint density at radius 2 is 1.84 bits per heavy atom. The molecule has 7 heteroatoms. The van der Waals surface area contributed by atoms with Crippen molar-refractivity contribution in [2.24, 2.45) is 0 Å². The highest BCUT2D eigenvalue weighted by atomic mass is 19.1. The van der Waals surface area contributed by atoms with Crippen molar-refractivity contribution >= 4 is 28.6 Å². The first kappa shape index (κ1) is 24.4. The van der Waals surface area contributed by atoms with Crippen LogP contribution in [-0.2, 0) is 22.4 Å². The van der Waals surface area contributed by atoms with Gasteiger partial charge in [-0.05, 0) is 72.4 Å². The summed E-state index contributed by atoms with van der Waals surface area (Å²) in [6, 6.07) is 23.1. The quantitative estimate of drug-likeness (QED) is 0.340. The van der Waals surface area contributed by atoms with Gasteiger partial charge in [-0.25, -0.2) is 9.18 Å². The zero-order valence-electron chi connectivity index (χ0n) is 20.6. The molecule has 188 valence electrons. The number of carbonyl (C=O) groups is 2. The fraction of sp³-hybridized carbons (Fsp3) is 0.233. The number of ether oxygens (including phenoxy) is 1. The zero-order valence-corrected chi connectivity index (χ0v) is 20.6. The lowest BCUT2D eigenvalue weighted by Crippen LogP contribution is -2.33. The molecule has 1 aliphatic rings. The molecule has 3 aromatic carbocycles. The van der Waals surface area contributed by atoms with Gasteiger partial charge in [0.05, 0.1) is 24.3 Å². The zero-order chi connectivity index (χ0) is 25.8. The molecule has 0 bridgehead atoms. The van der Waals surface area contributed by atoms with Gasteiger partial charge >= 0.3 is 6.09 Å². The topological polar surface area (TPSA) is 71.5 Å². The van der Waals surface area contributed by atoms with Crippen molar-refractivity contribution in [2.45, 2.75) is 32.3 Å². The summed E-state index contributed by atoms with van der Waals surface area (Å²) in [5.74, 6) is -0.604. The molecule has 37 heavy (non-hydrogen) atoms. The number of fused-ring (bicyclic) bond motifs is 1. The first-order chi connectivity index (χ1) is 18.0. The molecule has 6 nitrogen and oxygen atoms in total. The van der Waals surface area contributed by atoms with Gasteiger partial charge in [0.1, 0.15) is 11.9 Å². The highest BCUT2D eigenvalue weighted by Gasteiger charge is 2.32. The normalized spacial score (nSPS) is 15.1. The van der Waals surface area contributed by atoms with Crippen LogP contribution in [0.3, 0.4) is 0 Å². The number of nitrogens with one attached hydrogen (secondary N) is 1. The van der Waals surface area contributed by atoms with Gasteiger partial charge in [-0.2, -0.15) is 0 Å². The summed E-state index contributed by atoms with van der Waals surface area (Å²) in [6.45, 7) is 1.88. The molecule has 0 saturated carbocycles. The highest BCUT2D eigenvalue weighted by Crippen LogP contribution is 2.29. The Balaban J connectivity index is 1.19. The number of anilines is 1. The molecular formula is C30H28FN3O3. The highest BCUT2D eigenvalue weighted by molar-refractivity contribution is 5.90. The number of hydrogen-bond donors (Lipinski definition) is 1. The molecule has 2 heterocycles. The van der Waals surface area contributed by atoms with E-state index in [1.165, 1.54) is 29.0 Å². The van der Waals surface area contributed by atoms with Gasteiger partial charge in [0.25, 0.3) is 0 Å². The van der Waals surface area contributed by atoms with Crippen LogP contribution in [-0.4, -0.2) is 36.2 Å². The van der Waals surface area contributed by atoms with E-state index in [1.54, 1.807) is 12.1 Å². The second kappa shape index (κ2) is 10.8. The molecule has 2 amide bonds. The largest absolute Gasteiger partial charge is 0.442 e. The first-order valence-corrected chi connectivity index (χ1v) is 12.4. The van der Waals surface area contributed by atoms with Crippen LogP contribution >= 0.6 is 0 Å². The van der Waals surface area contributed by atoms with Crippen molar-refractivity contribution in [1.82, 2.24) is 10.3 Å². The molecule has 1 aromatic heterocycles. The maximum Gasteiger partial charge on any atom is 0.414 e. The molecule has 1 N–H and O–H groups in total. The van der Waals surface area contributed by atoms with Gasteiger partial charge in [0.15, 0.2) is 0 Å². The molecule has 0 unspecified atom stereocenters. The van der Waals surface area contributed by atoms with Gasteiger partial charge in [0.2, 0.25) is 5.91 Å². The minimum absolute atomic E-state index is 0.196. The van der Waals surface area contributed by atoms with Crippen LogP contribution in [0.15, 0.2) is 79.0 Å². The Morgan fingerprint density at radius 3 is 2.62 bits per heavy atom. The van der Waals surface area contributed by atoms with E-state index in [2.05, 4.69) is 34.6 Å². The van der Waals surface area contributed by atoms with Crippen LogP contribution < -0.4 is 10.2 Å². The SMILES string of the molecule is CC(=O)NC[C@H]1CN(c2ccc(-c3ccc(CCCc4ccc5ncccc5c4)cc3)c(F)c2)C(=O)O1. The summed E-state index contributed by atoms with van der Waals surface area (Å²) in [5.41, 5.74) is 5.19. The Morgan fingerprint density at radius 1 is 1.05 bits per heavy atom. The lowest BCUT2D eigenvalue weighted by Gasteiger charge is -2.15. The van der Waals surface area contributed by atoms with Crippen molar-refractivity contribution in [3.63, 3.8) is 0 Å². The number of amides is 2. The Labute approximate surface area is 215 Å². The van der Waals surface area contributed by atoms with E-state index >= 15 is 4.39 Å². The number of aromatic nitrogens is 1. The van der Waals surface area contributed by atoms with Crippen molar-refractivity contribution in [3.05, 3.63) is 95.9 Å². The molecule has 1 atom stereocenters. The molecule has 1 aliphatic heterocycles. The van der Waals surface area contributed by atoms with Crippen molar-refractivity contribution < 1.29 is 18.7 Å². The molecule has 5 rings (SSSR count). The van der Waals surface area contributed by atoms with E-state index in [4.69, 9.17) is 4.74 Å². The number of hydrogen-bond acceptors (Lipinski definition) is 4. The van der Waals surface area contributed by atoms with Crippen LogP contribution in [0.1, 0.15) is 24.5 Å². The van der Waals surface area contributed by atoms with E-state index in [-0.39, 0.29) is 19.0 Å². The van der Waals surface area contributed by atoms with Crippen molar-refractivity contribution in [3.8, 4) is 11.1 Å². The first-order valence-electron chi connectivity index (χ1n) is 12.4. The number of pyridine rings is 1. The number of nitrogens with zero attached hydrogens (tertiary/aromatic N) is 2. The molecule has 0 radical (unpaired) electrons. The average Bonchev–Trinajstić information content (AvgIpc) is 3.28. The maximum atomic E-state index is 15.0. The molecule has 0 aliphatic carbocycles. The number of cyclic esters (lactones) is 1. The second-order valence-corrected chi connectivity index (χ2v) is 9.30. The number of rotatable bonds is 8. The molecule has 1 saturated heterocycles. The predicted octanol–water partition coefficient (Wildman–Crippen LogP) is 5.68. The van der Waals surface area contributed by atoms with E-state index in [9.17, 15) is 9.59 Å². The lowest BCUT2D eigenvalue weighted by atomic mass is 9.99. The smallest absolute Gasteiger partial charge is 0.414 e. The third-order valence-electron chi connectivity index (χ3n) is 6.58. The van der Waals surface area contributed by atoms with Gasteiger partial charge in [-0.3, -0.25) is 14.7 Å². The lowest BCUT2D eigenvalue weighted by molar-refractivity contribution is -0.119. The number of halogens is 1. The number of aryl methyl sites for hydroxylation is 2. The van der Waals surface area contributed by atoms with Crippen LogP contribution in [0, 0.1) is 5.82 Å². The molecular weight excluding hydrogens is 469 g/mol. The van der Waals surface area contributed by atoms with Crippen LogP contribution in [0.5, 0.6) is 0 Å². The van der Waals surface area contributed by atoms with Gasteiger partial charge in [-0.1, -0.05) is 36.4 Å². The standard InChI is InChI=1S/C30H28FN3O3/c1-20(35)33-18-26-19-34(30(36)37-26)25-12-13-27(28(31)17-25)23-10-7-21(8-11-23)4-2-5-22-9-14-29-24(16-22)6-3-15-32-29/h3,6-17,26H,2,4-5,18-19H2,1H3,(H,33,35)/t26-/m0/s1. The third-order valence-corrected chi connectivity index (χ3v) is 6.58. The summed E-state index contributed by atoms with van der Waals surface area (Å²) >= 11 is 0. The Hall–Kier alpha value is -4.26. The van der Waals surface area contributed by atoms with E-state index in [1.807, 2.05) is 36.5 Å². The molecule has 0 spiro atoms. The van der Waals surface area contributed by atoms with Crippen molar-refractivity contribution in [1.29, 1.82) is 0 Å². The number of carbonyl (C=O) groups excluding carboxylic acids is 2. The fourth-order valence-corrected chi connectivity index (χ4v) is 4.63. The minimum atomic E-state index is -0.549. The second-order valence-electron chi connectivity index (χ2n) is 9.30. The van der Waals surface area contributed by atoms with E-state index in [0.29, 0.717) is 11.3 Å². The van der Waals surface area contributed by atoms with Gasteiger partial charge in [-0.15, -0.1) is 0 Å². The minimum Gasteiger partial charge on any atom is -0.442 e. The molecule has 4 aromatic rings. The Bertz CT molecular complexity index is 1440. The monoisotopic (exact) mass is 497 g/mol. The summed E-state index contributed by atoms with van der Waals surface area (Å²) < 4.78 is 20.3. The summed E-state index contributed by atoms with van der Waals surface area (Å²) in [7, 11) is 0. The van der Waals surface area contributed by atoms with Crippen LogP contribution in [0.2, 0.25) is 0 Å². The van der Waals surface area contributed by atoms with E-state index < -0.39 is 18.0 Å². The van der Waals surface area contributed by atoms with Crippen LogP contribution in [0.25, 0.3) is 22.0 Å². The predicted molar refractivity (Wildman–Crippen MR) is 142 cm³/mol. The van der Waals surface area contributed by atoms with E-state index in [0.717, 1.165) is 35.7 Å². The van der Waals surface area contributed by atoms with Gasteiger partial charge < -0.3 is 10.1 Å². The number of benzene rings is 3. The van der Waals surface area contributed by atoms with Gasteiger partial charge in [0, 0.05) is 24.1 Å². The summed E-state index contributed by atoms with van der Waals surface area (Å²) in [6.07, 6.45) is 3.72. The van der Waals surface area contributed by atoms with Crippen molar-refractivity contribution in [2.75, 3.05) is 18.0 Å². The summed E-state index contributed by atoms with van der Waals surface area (Å²) in [5, 5.41) is 3.79. The summed E-state index contributed by atoms with van der Waals surface area (Å²) in [4.78, 5) is 29.1. The fourth-order valence-electron chi connectivity index (χ4n) is 4.63. The molecule has 1 fully saturated rings. The Kier molecular flexibility index (Phi) is 7.12.